The van der Waals surface area contributed by atoms with Crippen LogP contribution in [0.2, 0.25) is 0 Å². The number of carbonyl (C=O) groups excluding carboxylic acids is 1. The molecule has 0 aromatic heterocycles. The van der Waals surface area contributed by atoms with Crippen molar-refractivity contribution in [2.24, 2.45) is 0 Å². The van der Waals surface area contributed by atoms with Gasteiger partial charge in [-0.3, -0.25) is 5.43 Å². The molecular weight excluding hydrogens is 268 g/mol. The van der Waals surface area contributed by atoms with Gasteiger partial charge >= 0.3 is 6.09 Å². The van der Waals surface area contributed by atoms with Crippen LogP contribution in [0.25, 0.3) is 0 Å². The zero-order valence-electron chi connectivity index (χ0n) is 13.2. The highest BCUT2D eigenvalue weighted by molar-refractivity contribution is 5.67. The van der Waals surface area contributed by atoms with Crippen molar-refractivity contribution < 1.29 is 14.3 Å². The predicted octanol–water partition coefficient (Wildman–Crippen LogP) is 3.10. The molecule has 1 atom stereocenters. The Morgan fingerprint density at radius 2 is 2.19 bits per heavy atom. The number of ether oxygens (including phenoxy) is 2. The topological polar surface area (TPSA) is 59.6 Å². The molecule has 2 N–H and O–H groups in total. The summed E-state index contributed by atoms with van der Waals surface area (Å²) in [4.78, 5) is 11.7. The van der Waals surface area contributed by atoms with Gasteiger partial charge in [0.15, 0.2) is 0 Å². The van der Waals surface area contributed by atoms with E-state index in [9.17, 15) is 4.79 Å². The fourth-order valence-corrected chi connectivity index (χ4v) is 2.29. The monoisotopic (exact) mass is 292 g/mol. The lowest BCUT2D eigenvalue weighted by atomic mass is 10.0. The molecule has 21 heavy (non-hydrogen) atoms. The van der Waals surface area contributed by atoms with E-state index in [1.807, 2.05) is 32.9 Å². The van der Waals surface area contributed by atoms with Gasteiger partial charge in [-0.1, -0.05) is 19.1 Å². The van der Waals surface area contributed by atoms with Crippen LogP contribution in [0.3, 0.4) is 0 Å². The van der Waals surface area contributed by atoms with Gasteiger partial charge in [-0.2, -0.15) is 0 Å². The van der Waals surface area contributed by atoms with Crippen LogP contribution in [0.1, 0.15) is 51.3 Å². The lowest BCUT2D eigenvalue weighted by Crippen LogP contribution is -2.42. The van der Waals surface area contributed by atoms with Gasteiger partial charge in [0.05, 0.1) is 12.6 Å². The van der Waals surface area contributed by atoms with E-state index in [4.69, 9.17) is 9.47 Å². The standard InChI is InChI=1S/C16H24N2O3/c1-5-13(17-18-15(19)21-16(2,3)4)11-6-7-14-12(10-11)8-9-20-14/h6-7,10,13,17H,5,8-9H2,1-4H3,(H,18,19). The largest absolute Gasteiger partial charge is 0.493 e. The van der Waals surface area contributed by atoms with Gasteiger partial charge in [-0.25, -0.2) is 10.2 Å². The van der Waals surface area contributed by atoms with Crippen molar-refractivity contribution in [1.82, 2.24) is 10.9 Å². The number of fused-ring (bicyclic) bond motifs is 1. The van der Waals surface area contributed by atoms with Crippen molar-refractivity contribution >= 4 is 6.09 Å². The van der Waals surface area contributed by atoms with E-state index in [1.54, 1.807) is 0 Å². The molecule has 1 amide bonds. The van der Waals surface area contributed by atoms with Crippen LogP contribution in [0, 0.1) is 0 Å². The van der Waals surface area contributed by atoms with Gasteiger partial charge in [-0.15, -0.1) is 0 Å². The van der Waals surface area contributed by atoms with E-state index in [-0.39, 0.29) is 6.04 Å². The van der Waals surface area contributed by atoms with Crippen LogP contribution >= 0.6 is 0 Å². The minimum absolute atomic E-state index is 0.0448. The van der Waals surface area contributed by atoms with Crippen molar-refractivity contribution in [1.29, 1.82) is 0 Å². The van der Waals surface area contributed by atoms with Gasteiger partial charge in [0.2, 0.25) is 0 Å². The van der Waals surface area contributed by atoms with Crippen molar-refractivity contribution in [3.05, 3.63) is 29.3 Å². The predicted molar refractivity (Wildman–Crippen MR) is 81.2 cm³/mol. The normalized spacial score (nSPS) is 15.0. The van der Waals surface area contributed by atoms with E-state index < -0.39 is 11.7 Å². The van der Waals surface area contributed by atoms with Crippen molar-refractivity contribution in [2.45, 2.75) is 52.2 Å². The highest BCUT2D eigenvalue weighted by Crippen LogP contribution is 2.28. The molecule has 0 saturated heterocycles. The zero-order chi connectivity index (χ0) is 15.5. The number of benzene rings is 1. The number of carbonyl (C=O) groups is 1. The Morgan fingerprint density at radius 3 is 2.86 bits per heavy atom. The zero-order valence-corrected chi connectivity index (χ0v) is 13.2. The van der Waals surface area contributed by atoms with Gasteiger partial charge in [0.25, 0.3) is 0 Å². The first kappa shape index (κ1) is 15.6. The molecule has 0 spiro atoms. The van der Waals surface area contributed by atoms with Crippen molar-refractivity contribution in [3.8, 4) is 5.75 Å². The summed E-state index contributed by atoms with van der Waals surface area (Å²) in [5, 5.41) is 0. The summed E-state index contributed by atoms with van der Waals surface area (Å²) in [6.07, 6.45) is 1.33. The van der Waals surface area contributed by atoms with E-state index in [0.717, 1.165) is 30.8 Å². The Balaban J connectivity index is 1.95. The molecule has 1 aromatic rings. The third-order valence-electron chi connectivity index (χ3n) is 3.27. The quantitative estimate of drug-likeness (QED) is 0.837. The number of hydrogen-bond donors (Lipinski definition) is 2. The van der Waals surface area contributed by atoms with E-state index in [2.05, 4.69) is 23.8 Å². The summed E-state index contributed by atoms with van der Waals surface area (Å²) < 4.78 is 10.7. The number of hydrazine groups is 1. The van der Waals surface area contributed by atoms with E-state index in [1.165, 1.54) is 5.56 Å². The molecule has 0 radical (unpaired) electrons. The Hall–Kier alpha value is -1.75. The Morgan fingerprint density at radius 1 is 1.43 bits per heavy atom. The first-order chi connectivity index (χ1) is 9.89. The molecule has 1 heterocycles. The molecule has 1 aliphatic heterocycles. The maximum atomic E-state index is 11.7. The summed E-state index contributed by atoms with van der Waals surface area (Å²) in [5.74, 6) is 0.966. The summed E-state index contributed by atoms with van der Waals surface area (Å²) in [7, 11) is 0. The highest BCUT2D eigenvalue weighted by Gasteiger charge is 2.19. The van der Waals surface area contributed by atoms with Gasteiger partial charge in [0, 0.05) is 6.42 Å². The van der Waals surface area contributed by atoms with Crippen LogP contribution in [0.4, 0.5) is 4.79 Å². The van der Waals surface area contributed by atoms with Gasteiger partial charge < -0.3 is 9.47 Å². The molecule has 2 rings (SSSR count). The Kier molecular flexibility index (Phi) is 4.73. The van der Waals surface area contributed by atoms with Crippen LogP contribution in [0.5, 0.6) is 5.75 Å². The van der Waals surface area contributed by atoms with Crippen LogP contribution in [0.15, 0.2) is 18.2 Å². The molecule has 5 nitrogen and oxygen atoms in total. The van der Waals surface area contributed by atoms with Crippen LogP contribution in [-0.4, -0.2) is 18.3 Å². The molecule has 0 bridgehead atoms. The third kappa shape index (κ3) is 4.36. The first-order valence-electron chi connectivity index (χ1n) is 7.39. The third-order valence-corrected chi connectivity index (χ3v) is 3.27. The van der Waals surface area contributed by atoms with Gasteiger partial charge in [0.1, 0.15) is 11.4 Å². The van der Waals surface area contributed by atoms with Crippen LogP contribution in [-0.2, 0) is 11.2 Å². The molecule has 0 fully saturated rings. The summed E-state index contributed by atoms with van der Waals surface area (Å²) >= 11 is 0. The number of amides is 1. The second kappa shape index (κ2) is 6.35. The van der Waals surface area contributed by atoms with Gasteiger partial charge in [-0.05, 0) is 44.4 Å². The fraction of sp³-hybridized carbons (Fsp3) is 0.562. The van der Waals surface area contributed by atoms with E-state index >= 15 is 0 Å². The van der Waals surface area contributed by atoms with Crippen molar-refractivity contribution in [2.75, 3.05) is 6.61 Å². The number of hydrogen-bond acceptors (Lipinski definition) is 4. The molecule has 1 aliphatic rings. The lowest BCUT2D eigenvalue weighted by Gasteiger charge is -2.22. The smallest absolute Gasteiger partial charge is 0.422 e. The molecule has 1 aromatic carbocycles. The summed E-state index contributed by atoms with van der Waals surface area (Å²) in [6, 6.07) is 6.21. The summed E-state index contributed by atoms with van der Waals surface area (Å²) in [5.41, 5.74) is 7.51. The fourth-order valence-electron chi connectivity index (χ4n) is 2.29. The molecule has 0 saturated carbocycles. The number of nitrogens with one attached hydrogen (secondary N) is 2. The maximum absolute atomic E-state index is 11.7. The van der Waals surface area contributed by atoms with E-state index in [0.29, 0.717) is 0 Å². The first-order valence-corrected chi connectivity index (χ1v) is 7.39. The average Bonchev–Trinajstić information content (AvgIpc) is 2.84. The molecule has 0 aliphatic carbocycles. The number of rotatable bonds is 4. The molecule has 116 valence electrons. The maximum Gasteiger partial charge on any atom is 0.422 e. The molecule has 5 heteroatoms. The Bertz CT molecular complexity index is 509. The SMILES string of the molecule is CCC(NNC(=O)OC(C)(C)C)c1ccc2c(c1)CCO2. The second-order valence-electron chi connectivity index (χ2n) is 6.20. The van der Waals surface area contributed by atoms with Crippen molar-refractivity contribution in [3.63, 3.8) is 0 Å². The summed E-state index contributed by atoms with van der Waals surface area (Å²) in [6.45, 7) is 8.33. The highest BCUT2D eigenvalue weighted by atomic mass is 16.6. The lowest BCUT2D eigenvalue weighted by molar-refractivity contribution is 0.0487. The average molecular weight is 292 g/mol. The van der Waals surface area contributed by atoms with Crippen LogP contribution < -0.4 is 15.6 Å². The molecule has 1 unspecified atom stereocenters. The molecular formula is C16H24N2O3. The Labute approximate surface area is 126 Å². The minimum Gasteiger partial charge on any atom is -0.493 e. The minimum atomic E-state index is -0.502. The second-order valence-corrected chi connectivity index (χ2v) is 6.20.